The smallest absolute Gasteiger partial charge is 0.270 e. The molecule has 0 atom stereocenters. The molecule has 0 aromatic heterocycles. The maximum atomic E-state index is 13.5. The molecule has 0 saturated carbocycles. The quantitative estimate of drug-likeness (QED) is 0.427. The van der Waals surface area contributed by atoms with Crippen molar-refractivity contribution in [1.29, 1.82) is 0 Å². The van der Waals surface area contributed by atoms with Crippen molar-refractivity contribution in [2.24, 2.45) is 0 Å². The van der Waals surface area contributed by atoms with Gasteiger partial charge in [0, 0.05) is 0 Å². The van der Waals surface area contributed by atoms with Crippen LogP contribution in [0.15, 0.2) is 12.3 Å². The van der Waals surface area contributed by atoms with Gasteiger partial charge in [-0.15, -0.1) is 6.58 Å². The van der Waals surface area contributed by atoms with Gasteiger partial charge in [-0.05, 0) is 12.1 Å². The highest BCUT2D eigenvalue weighted by atomic mass is 28.4. The predicted molar refractivity (Wildman–Crippen MR) is 47.3 cm³/mol. The van der Waals surface area contributed by atoms with Gasteiger partial charge in [0.15, 0.2) is 0 Å². The zero-order valence-corrected chi connectivity index (χ0v) is 7.99. The van der Waals surface area contributed by atoms with Crippen LogP contribution in [0.5, 0.6) is 0 Å². The first-order valence-corrected chi connectivity index (χ1v) is 6.38. The lowest BCUT2D eigenvalue weighted by Gasteiger charge is -2.15. The van der Waals surface area contributed by atoms with Crippen molar-refractivity contribution in [3.05, 3.63) is 12.3 Å². The minimum atomic E-state index is -2.46. The van der Waals surface area contributed by atoms with Crippen LogP contribution in [0.1, 0.15) is 26.7 Å². The first kappa shape index (κ1) is 9.89. The Labute approximate surface area is 64.3 Å². The van der Waals surface area contributed by atoms with Crippen molar-refractivity contribution in [2.75, 3.05) is 0 Å². The number of hydrogen-bond donors (Lipinski definition) is 0. The van der Waals surface area contributed by atoms with E-state index in [0.29, 0.717) is 0 Å². The second-order valence-corrected chi connectivity index (χ2v) is 6.22. The average Bonchev–Trinajstić information content (AvgIpc) is 1.89. The molecular formula is C8H17FSi. The van der Waals surface area contributed by atoms with Gasteiger partial charge in [0.1, 0.15) is 0 Å². The molecule has 0 amide bonds. The van der Waals surface area contributed by atoms with Gasteiger partial charge < -0.3 is 4.11 Å². The molecule has 0 N–H and O–H groups in total. The van der Waals surface area contributed by atoms with Crippen LogP contribution in [0.3, 0.4) is 0 Å². The Hall–Kier alpha value is -0.113. The monoisotopic (exact) mass is 160 g/mol. The lowest BCUT2D eigenvalue weighted by atomic mass is 10.6. The lowest BCUT2D eigenvalue weighted by molar-refractivity contribution is 0.751. The molecule has 0 nitrogen and oxygen atoms in total. The molecule has 0 aliphatic heterocycles. The van der Waals surface area contributed by atoms with E-state index in [-0.39, 0.29) is 0 Å². The Kier molecular flexibility index (Phi) is 4.61. The summed E-state index contributed by atoms with van der Waals surface area (Å²) < 4.78 is 13.5. The van der Waals surface area contributed by atoms with E-state index in [2.05, 4.69) is 6.58 Å². The molecule has 0 aliphatic carbocycles. The maximum Gasteiger partial charge on any atom is 0.270 e. The molecule has 0 aromatic carbocycles. The first-order chi connectivity index (χ1) is 4.68. The molecule has 0 saturated heterocycles. The SMILES string of the molecule is C=C[Si](F)(CCC)CCC. The van der Waals surface area contributed by atoms with E-state index in [1.54, 1.807) is 5.70 Å². The summed E-state index contributed by atoms with van der Waals surface area (Å²) in [4.78, 5) is 0. The van der Waals surface area contributed by atoms with Gasteiger partial charge in [0.05, 0.1) is 0 Å². The van der Waals surface area contributed by atoms with Gasteiger partial charge in [-0.2, -0.15) is 0 Å². The van der Waals surface area contributed by atoms with E-state index in [4.69, 9.17) is 0 Å². The molecule has 10 heavy (non-hydrogen) atoms. The highest BCUT2D eigenvalue weighted by Gasteiger charge is 2.27. The third-order valence-corrected chi connectivity index (χ3v) is 5.09. The Morgan fingerprint density at radius 2 is 1.70 bits per heavy atom. The third-order valence-electron chi connectivity index (χ3n) is 1.70. The summed E-state index contributed by atoms with van der Waals surface area (Å²) in [5, 5.41) is 0. The molecule has 0 fully saturated rings. The van der Waals surface area contributed by atoms with E-state index < -0.39 is 8.41 Å². The standard InChI is InChI=1S/C8H17FSi/c1-4-7-10(9,6-3)8-5-2/h6H,3-5,7-8H2,1-2H3. The van der Waals surface area contributed by atoms with Crippen molar-refractivity contribution in [3.8, 4) is 0 Å². The van der Waals surface area contributed by atoms with E-state index in [0.717, 1.165) is 24.9 Å². The maximum absolute atomic E-state index is 13.5. The van der Waals surface area contributed by atoms with Gasteiger partial charge in [-0.25, -0.2) is 0 Å². The van der Waals surface area contributed by atoms with Crippen LogP contribution in [0.25, 0.3) is 0 Å². The van der Waals surface area contributed by atoms with E-state index in [1.165, 1.54) is 0 Å². The topological polar surface area (TPSA) is 0 Å². The van der Waals surface area contributed by atoms with E-state index >= 15 is 0 Å². The highest BCUT2D eigenvalue weighted by molar-refractivity contribution is 6.78. The van der Waals surface area contributed by atoms with Crippen molar-refractivity contribution in [3.63, 3.8) is 0 Å². The average molecular weight is 160 g/mol. The van der Waals surface area contributed by atoms with Crippen LogP contribution < -0.4 is 0 Å². The van der Waals surface area contributed by atoms with Crippen LogP contribution in [0, 0.1) is 0 Å². The summed E-state index contributed by atoms with van der Waals surface area (Å²) in [6.07, 6.45) is 1.91. The summed E-state index contributed by atoms with van der Waals surface area (Å²) in [7, 11) is -2.46. The number of hydrogen-bond acceptors (Lipinski definition) is 0. The summed E-state index contributed by atoms with van der Waals surface area (Å²) in [5.74, 6) is 0. The first-order valence-electron chi connectivity index (χ1n) is 4.01. The van der Waals surface area contributed by atoms with Gasteiger partial charge >= 0.3 is 0 Å². The summed E-state index contributed by atoms with van der Waals surface area (Å²) in [6, 6.07) is 1.51. The number of rotatable bonds is 5. The fourth-order valence-corrected chi connectivity index (χ4v) is 3.48. The van der Waals surface area contributed by atoms with E-state index in [1.807, 2.05) is 13.8 Å². The van der Waals surface area contributed by atoms with Crippen LogP contribution in [0.4, 0.5) is 4.11 Å². The molecular weight excluding hydrogens is 143 g/mol. The van der Waals surface area contributed by atoms with Crippen molar-refractivity contribution >= 4 is 8.41 Å². The summed E-state index contributed by atoms with van der Waals surface area (Å²) >= 11 is 0. The Morgan fingerprint density at radius 1 is 1.30 bits per heavy atom. The van der Waals surface area contributed by atoms with Crippen LogP contribution >= 0.6 is 0 Å². The van der Waals surface area contributed by atoms with Crippen LogP contribution in [-0.2, 0) is 0 Å². The Morgan fingerprint density at radius 3 is 1.90 bits per heavy atom. The zero-order valence-electron chi connectivity index (χ0n) is 6.99. The summed E-state index contributed by atoms with van der Waals surface area (Å²) in [5.41, 5.74) is 1.58. The van der Waals surface area contributed by atoms with E-state index in [9.17, 15) is 4.11 Å². The molecule has 0 radical (unpaired) electrons. The van der Waals surface area contributed by atoms with Gasteiger partial charge in [-0.1, -0.05) is 32.4 Å². The molecule has 0 bridgehead atoms. The third kappa shape index (κ3) is 3.16. The highest BCUT2D eigenvalue weighted by Crippen LogP contribution is 2.21. The van der Waals surface area contributed by atoms with Crippen molar-refractivity contribution in [1.82, 2.24) is 0 Å². The molecule has 0 aliphatic rings. The normalized spacial score (nSPS) is 11.5. The molecule has 2 heteroatoms. The van der Waals surface area contributed by atoms with Crippen LogP contribution in [0.2, 0.25) is 12.1 Å². The molecule has 0 spiro atoms. The molecule has 0 heterocycles. The minimum absolute atomic E-state index is 0.754. The fourth-order valence-electron chi connectivity index (χ4n) is 1.16. The second kappa shape index (κ2) is 4.66. The van der Waals surface area contributed by atoms with Gasteiger partial charge in [0.25, 0.3) is 8.41 Å². The predicted octanol–water partition coefficient (Wildman–Crippen LogP) is 3.45. The number of halogens is 1. The molecule has 60 valence electrons. The Bertz CT molecular complexity index is 95.4. The zero-order chi connectivity index (χ0) is 8.04. The minimum Gasteiger partial charge on any atom is -0.308 e. The fraction of sp³-hybridized carbons (Fsp3) is 0.750. The van der Waals surface area contributed by atoms with Crippen molar-refractivity contribution in [2.45, 2.75) is 38.8 Å². The molecule has 0 aromatic rings. The van der Waals surface area contributed by atoms with Crippen molar-refractivity contribution < 1.29 is 4.11 Å². The lowest BCUT2D eigenvalue weighted by Crippen LogP contribution is -2.24. The van der Waals surface area contributed by atoms with Gasteiger partial charge in [0.2, 0.25) is 0 Å². The largest absolute Gasteiger partial charge is 0.308 e. The molecule has 0 unspecified atom stereocenters. The Balaban J connectivity index is 3.81. The summed E-state index contributed by atoms with van der Waals surface area (Å²) in [6.45, 7) is 7.61. The molecule has 0 rings (SSSR count). The van der Waals surface area contributed by atoms with Crippen LogP contribution in [-0.4, -0.2) is 8.41 Å². The van der Waals surface area contributed by atoms with Gasteiger partial charge in [-0.3, -0.25) is 0 Å². The second-order valence-electron chi connectivity index (χ2n) is 2.74.